The molecule has 1 aromatic carbocycles. The van der Waals surface area contributed by atoms with E-state index in [1.165, 1.54) is 37.8 Å². The van der Waals surface area contributed by atoms with Gasteiger partial charge in [0.2, 0.25) is 0 Å². The van der Waals surface area contributed by atoms with Crippen LogP contribution in [0.25, 0.3) is 11.3 Å². The maximum absolute atomic E-state index is 6.46. The van der Waals surface area contributed by atoms with Crippen LogP contribution in [-0.4, -0.2) is 85.3 Å². The number of piperidine rings is 2. The van der Waals surface area contributed by atoms with Gasteiger partial charge in [-0.2, -0.15) is 0 Å². The van der Waals surface area contributed by atoms with E-state index in [1.807, 2.05) is 6.07 Å². The van der Waals surface area contributed by atoms with E-state index in [2.05, 4.69) is 56.5 Å². The molecule has 0 unspecified atom stereocenters. The Hall–Kier alpha value is -2.26. The average Bonchev–Trinajstić information content (AvgIpc) is 2.90. The lowest BCUT2D eigenvalue weighted by Crippen LogP contribution is -2.58. The van der Waals surface area contributed by atoms with E-state index in [-0.39, 0.29) is 5.60 Å². The van der Waals surface area contributed by atoms with Gasteiger partial charge in [-0.25, -0.2) is 0 Å². The Morgan fingerprint density at radius 2 is 1.86 bits per heavy atom. The molecule has 1 saturated carbocycles. The molecule has 8 nitrogen and oxygen atoms in total. The number of nitrogens with one attached hydrogen (secondary N) is 1. The molecule has 4 aliphatic rings. The van der Waals surface area contributed by atoms with Crippen LogP contribution in [0.3, 0.4) is 0 Å². The van der Waals surface area contributed by atoms with Gasteiger partial charge in [-0.1, -0.05) is 24.3 Å². The van der Waals surface area contributed by atoms with Gasteiger partial charge in [0.05, 0.1) is 35.8 Å². The maximum atomic E-state index is 6.46. The number of hydrogen-bond donors (Lipinski definition) is 2. The lowest BCUT2D eigenvalue weighted by Gasteiger charge is -2.49. The normalized spacial score (nSPS) is 26.8. The zero-order chi connectivity index (χ0) is 25.2. The highest BCUT2D eigenvalue weighted by Gasteiger charge is 2.42. The molecule has 3 aliphatic heterocycles. The van der Waals surface area contributed by atoms with Crippen molar-refractivity contribution in [3.8, 4) is 11.3 Å². The summed E-state index contributed by atoms with van der Waals surface area (Å²) in [7, 11) is 0. The van der Waals surface area contributed by atoms with Crippen molar-refractivity contribution in [1.29, 1.82) is 0 Å². The molecule has 0 atom stereocenters. The summed E-state index contributed by atoms with van der Waals surface area (Å²) in [6.45, 7) is 10.3. The summed E-state index contributed by atoms with van der Waals surface area (Å²) in [5, 5.41) is 12.1. The van der Waals surface area contributed by atoms with Crippen molar-refractivity contribution in [3.05, 3.63) is 35.9 Å². The zero-order valence-corrected chi connectivity index (χ0v) is 22.2. The molecule has 3 saturated heterocycles. The van der Waals surface area contributed by atoms with E-state index in [0.717, 1.165) is 81.6 Å². The molecule has 1 aromatic heterocycles. The number of morpholine rings is 1. The van der Waals surface area contributed by atoms with Crippen LogP contribution in [0, 0.1) is 12.8 Å². The molecule has 1 aliphatic carbocycles. The van der Waals surface area contributed by atoms with Crippen molar-refractivity contribution in [2.75, 3.05) is 63.1 Å². The summed E-state index contributed by atoms with van der Waals surface area (Å²) in [4.78, 5) is 5.03. The van der Waals surface area contributed by atoms with Crippen LogP contribution in [0.5, 0.6) is 0 Å². The van der Waals surface area contributed by atoms with E-state index in [9.17, 15) is 0 Å². The highest BCUT2D eigenvalue weighted by Crippen LogP contribution is 2.37. The fourth-order valence-electron chi connectivity index (χ4n) is 6.68. The number of anilines is 2. The van der Waals surface area contributed by atoms with Crippen molar-refractivity contribution in [2.45, 2.75) is 63.3 Å². The van der Waals surface area contributed by atoms with Crippen LogP contribution in [0.15, 0.2) is 30.3 Å². The third kappa shape index (κ3) is 5.62. The summed E-state index contributed by atoms with van der Waals surface area (Å²) in [5.74, 6) is 1.27. The van der Waals surface area contributed by atoms with Gasteiger partial charge in [-0.05, 0) is 76.1 Å². The van der Waals surface area contributed by atoms with Gasteiger partial charge >= 0.3 is 0 Å². The van der Waals surface area contributed by atoms with Crippen LogP contribution >= 0.6 is 0 Å². The summed E-state index contributed by atoms with van der Waals surface area (Å²) in [5.41, 5.74) is 10.4. The van der Waals surface area contributed by atoms with Crippen molar-refractivity contribution in [2.24, 2.45) is 5.92 Å². The smallest absolute Gasteiger partial charge is 0.169 e. The van der Waals surface area contributed by atoms with Crippen molar-refractivity contribution in [3.63, 3.8) is 0 Å². The Balaban J connectivity index is 1.02. The number of nitrogens with zero attached hydrogens (tertiary/aromatic N) is 4. The fraction of sp³-hybridized carbons (Fsp3) is 0.655. The van der Waals surface area contributed by atoms with E-state index < -0.39 is 0 Å². The topological polar surface area (TPSA) is 88.8 Å². The molecule has 200 valence electrons. The monoisotopic (exact) mass is 506 g/mol. The van der Waals surface area contributed by atoms with Crippen LogP contribution < -0.4 is 16.0 Å². The SMILES string of the molecule is Cc1ccccc1-c1cc(N2CCC3(CC2)CN(CC2CC(OC4CCNCC4)C2)CCO3)c(N)nn1. The van der Waals surface area contributed by atoms with Gasteiger partial charge < -0.3 is 25.4 Å². The Morgan fingerprint density at radius 1 is 1.08 bits per heavy atom. The van der Waals surface area contributed by atoms with E-state index in [0.29, 0.717) is 18.0 Å². The maximum Gasteiger partial charge on any atom is 0.169 e. The number of aromatic nitrogens is 2. The molecule has 2 aromatic rings. The molecular formula is C29H42N6O2. The van der Waals surface area contributed by atoms with Crippen LogP contribution in [-0.2, 0) is 9.47 Å². The molecule has 6 rings (SSSR count). The molecule has 4 heterocycles. The largest absolute Gasteiger partial charge is 0.380 e. The number of aryl methyl sites for hydroxylation is 1. The first-order chi connectivity index (χ1) is 18.1. The minimum atomic E-state index is -0.0441. The van der Waals surface area contributed by atoms with Crippen LogP contribution in [0.4, 0.5) is 11.5 Å². The van der Waals surface area contributed by atoms with Gasteiger partial charge in [-0.3, -0.25) is 4.90 Å². The van der Waals surface area contributed by atoms with Gasteiger partial charge in [0.1, 0.15) is 0 Å². The Labute approximate surface area is 220 Å². The van der Waals surface area contributed by atoms with Gasteiger partial charge in [0.25, 0.3) is 0 Å². The highest BCUT2D eigenvalue weighted by molar-refractivity contribution is 5.72. The minimum Gasteiger partial charge on any atom is -0.380 e. The third-order valence-corrected chi connectivity index (χ3v) is 8.95. The number of benzene rings is 1. The molecular weight excluding hydrogens is 464 g/mol. The quantitative estimate of drug-likeness (QED) is 0.617. The summed E-state index contributed by atoms with van der Waals surface area (Å²) < 4.78 is 12.8. The molecule has 0 radical (unpaired) electrons. The van der Waals surface area contributed by atoms with E-state index >= 15 is 0 Å². The zero-order valence-electron chi connectivity index (χ0n) is 22.2. The lowest BCUT2D eigenvalue weighted by molar-refractivity contribution is -0.133. The molecule has 37 heavy (non-hydrogen) atoms. The van der Waals surface area contributed by atoms with Crippen LogP contribution in [0.1, 0.15) is 44.1 Å². The number of nitrogen functional groups attached to an aromatic ring is 1. The first kappa shape index (κ1) is 25.0. The number of hydrogen-bond acceptors (Lipinski definition) is 8. The molecule has 3 N–H and O–H groups in total. The third-order valence-electron chi connectivity index (χ3n) is 8.95. The standard InChI is InChI=1S/C29H42N6O2/c1-21-4-2-3-5-25(21)26-18-27(28(30)33-32-26)35-12-8-29(9-13-35)20-34(14-15-36-29)19-22-16-24(17-22)37-23-6-10-31-11-7-23/h2-5,18,22-24,31H,6-17,19-20H2,1H3,(H2,30,33). The van der Waals surface area contributed by atoms with E-state index in [1.54, 1.807) is 0 Å². The first-order valence-corrected chi connectivity index (χ1v) is 14.2. The van der Waals surface area contributed by atoms with Crippen molar-refractivity contribution >= 4 is 11.5 Å². The molecule has 0 bridgehead atoms. The van der Waals surface area contributed by atoms with Crippen molar-refractivity contribution < 1.29 is 9.47 Å². The molecule has 0 amide bonds. The lowest BCUT2D eigenvalue weighted by atomic mass is 9.81. The molecule has 8 heteroatoms. The summed E-state index contributed by atoms with van der Waals surface area (Å²) in [6, 6.07) is 10.4. The molecule has 4 fully saturated rings. The second-order valence-electron chi connectivity index (χ2n) is 11.6. The van der Waals surface area contributed by atoms with Crippen molar-refractivity contribution in [1.82, 2.24) is 20.4 Å². The van der Waals surface area contributed by atoms with Crippen LogP contribution in [0.2, 0.25) is 0 Å². The predicted octanol–water partition coefficient (Wildman–Crippen LogP) is 3.25. The number of rotatable bonds is 6. The summed E-state index contributed by atoms with van der Waals surface area (Å²) >= 11 is 0. The average molecular weight is 507 g/mol. The van der Waals surface area contributed by atoms with Gasteiger partial charge in [-0.15, -0.1) is 10.2 Å². The van der Waals surface area contributed by atoms with E-state index in [4.69, 9.17) is 15.2 Å². The fourth-order valence-corrected chi connectivity index (χ4v) is 6.68. The van der Waals surface area contributed by atoms with Gasteiger partial charge in [0, 0.05) is 38.3 Å². The number of nitrogens with two attached hydrogens (primary N) is 1. The number of ether oxygens (including phenoxy) is 2. The second-order valence-corrected chi connectivity index (χ2v) is 11.6. The highest BCUT2D eigenvalue weighted by atomic mass is 16.5. The Bertz CT molecular complexity index is 1060. The predicted molar refractivity (Wildman–Crippen MR) is 147 cm³/mol. The minimum absolute atomic E-state index is 0.0441. The first-order valence-electron chi connectivity index (χ1n) is 14.2. The Morgan fingerprint density at radius 3 is 2.65 bits per heavy atom. The summed E-state index contributed by atoms with van der Waals surface area (Å²) in [6.07, 6.45) is 7.75. The molecule has 1 spiro atoms. The van der Waals surface area contributed by atoms with Gasteiger partial charge in [0.15, 0.2) is 5.82 Å². The Kier molecular flexibility index (Phi) is 7.34. The second kappa shape index (κ2) is 10.8.